The van der Waals surface area contributed by atoms with Crippen molar-refractivity contribution in [2.75, 3.05) is 0 Å². The van der Waals surface area contributed by atoms with Gasteiger partial charge in [-0.2, -0.15) is 0 Å². The Hall–Kier alpha value is -1.15. The Morgan fingerprint density at radius 2 is 1.25 bits per heavy atom. The van der Waals surface area contributed by atoms with E-state index in [9.17, 15) is 9.59 Å². The molecule has 0 saturated heterocycles. The molecule has 0 atom stereocenters. The largest absolute Gasteiger partial charge is 0.292 e. The number of hydrogen-bond acceptors (Lipinski definition) is 2. The van der Waals surface area contributed by atoms with Crippen LogP contribution in [0.2, 0.25) is 0 Å². The molecule has 0 amide bonds. The van der Waals surface area contributed by atoms with Crippen LogP contribution in [-0.4, -0.2) is 16.9 Å². The zero-order chi connectivity index (χ0) is 8.72. The smallest absolute Gasteiger partial charge is 0.188 e. The van der Waals surface area contributed by atoms with Gasteiger partial charge >= 0.3 is 0 Å². The Kier molecular flexibility index (Phi) is 1.51. The minimum atomic E-state index is -1.03. The van der Waals surface area contributed by atoms with E-state index in [-0.39, 0.29) is 11.6 Å². The monoisotopic (exact) mass is 180 g/mol. The number of rotatable bonds is 0. The SMILES string of the molecule is O=C1c2ccc(cc2)C(=O)C1Cl. The van der Waals surface area contributed by atoms with E-state index >= 15 is 0 Å². The van der Waals surface area contributed by atoms with Gasteiger partial charge in [-0.15, -0.1) is 11.6 Å². The normalized spacial score (nSPS) is 16.8. The van der Waals surface area contributed by atoms with E-state index in [1.54, 1.807) is 24.3 Å². The second-order valence-corrected chi connectivity index (χ2v) is 3.10. The Balaban J connectivity index is 2.66. The minimum Gasteiger partial charge on any atom is -0.292 e. The van der Waals surface area contributed by atoms with Crippen LogP contribution in [-0.2, 0) is 0 Å². The number of ketones is 2. The zero-order valence-corrected chi connectivity index (χ0v) is 6.84. The Bertz CT molecular complexity index is 318. The van der Waals surface area contributed by atoms with Gasteiger partial charge in [0.05, 0.1) is 0 Å². The molecule has 0 N–H and O–H groups in total. The summed E-state index contributed by atoms with van der Waals surface area (Å²) in [5, 5.41) is -1.03. The molecule has 0 saturated carbocycles. The molecule has 60 valence electrons. The molecule has 0 spiro atoms. The molecule has 2 aliphatic carbocycles. The lowest BCUT2D eigenvalue weighted by Crippen LogP contribution is -2.21. The first-order valence-corrected chi connectivity index (χ1v) is 3.96. The lowest BCUT2D eigenvalue weighted by Gasteiger charge is -1.99. The number of benzene rings is 1. The number of hydrogen-bond donors (Lipinski definition) is 0. The van der Waals surface area contributed by atoms with Crippen LogP contribution in [0, 0.1) is 0 Å². The number of carbonyl (C=O) groups excluding carboxylic acids is 2. The van der Waals surface area contributed by atoms with Gasteiger partial charge in [-0.3, -0.25) is 9.59 Å². The average Bonchev–Trinajstić information content (AvgIpc) is 2.27. The van der Waals surface area contributed by atoms with Crippen molar-refractivity contribution < 1.29 is 9.59 Å². The van der Waals surface area contributed by atoms with Crippen molar-refractivity contribution in [1.29, 1.82) is 0 Å². The van der Waals surface area contributed by atoms with Gasteiger partial charge in [0.1, 0.15) is 0 Å². The van der Waals surface area contributed by atoms with Crippen LogP contribution in [0.4, 0.5) is 0 Å². The highest BCUT2D eigenvalue weighted by Crippen LogP contribution is 2.19. The Morgan fingerprint density at radius 1 is 0.917 bits per heavy atom. The van der Waals surface area contributed by atoms with Gasteiger partial charge in [-0.25, -0.2) is 0 Å². The summed E-state index contributed by atoms with van der Waals surface area (Å²) in [6.45, 7) is 0. The fourth-order valence-corrected chi connectivity index (χ4v) is 1.46. The van der Waals surface area contributed by atoms with E-state index < -0.39 is 5.38 Å². The number of carbonyl (C=O) groups is 2. The number of halogens is 1. The van der Waals surface area contributed by atoms with Crippen LogP contribution < -0.4 is 0 Å². The van der Waals surface area contributed by atoms with Crippen molar-refractivity contribution in [3.05, 3.63) is 35.4 Å². The third-order valence-corrected chi connectivity index (χ3v) is 2.31. The molecule has 2 aliphatic rings. The van der Waals surface area contributed by atoms with Crippen LogP contribution in [0.1, 0.15) is 20.7 Å². The summed E-state index contributed by atoms with van der Waals surface area (Å²) in [5.41, 5.74) is 1.01. The van der Waals surface area contributed by atoms with Crippen molar-refractivity contribution in [1.82, 2.24) is 0 Å². The standard InChI is InChI=1S/C9H5ClO2/c10-7-8(11)5-1-2-6(4-3-5)9(7)12/h1-4,7H. The van der Waals surface area contributed by atoms with Crippen LogP contribution in [0.15, 0.2) is 24.3 Å². The third kappa shape index (κ3) is 0.883. The first-order chi connectivity index (χ1) is 5.70. The number of Topliss-reactive ketones (excluding diaryl/α,β-unsaturated/α-hetero) is 2. The lowest BCUT2D eigenvalue weighted by atomic mass is 10.1. The molecule has 0 radical (unpaired) electrons. The molecule has 0 aromatic heterocycles. The van der Waals surface area contributed by atoms with Crippen LogP contribution in [0.3, 0.4) is 0 Å². The molecule has 0 fully saturated rings. The second kappa shape index (κ2) is 2.42. The Labute approximate surface area is 74.1 Å². The Morgan fingerprint density at radius 3 is 1.58 bits per heavy atom. The highest BCUT2D eigenvalue weighted by molar-refractivity contribution is 6.47. The molecule has 3 heteroatoms. The molecular weight excluding hydrogens is 176 g/mol. The molecule has 3 rings (SSSR count). The lowest BCUT2D eigenvalue weighted by molar-refractivity contribution is 0.0904. The highest BCUT2D eigenvalue weighted by Gasteiger charge is 2.29. The fraction of sp³-hybridized carbons (Fsp3) is 0.111. The molecule has 2 bridgehead atoms. The summed E-state index contributed by atoms with van der Waals surface area (Å²) in [5.74, 6) is -0.608. The quantitative estimate of drug-likeness (QED) is 0.450. The summed E-state index contributed by atoms with van der Waals surface area (Å²) in [6, 6.07) is 6.49. The van der Waals surface area contributed by atoms with Crippen LogP contribution >= 0.6 is 11.6 Å². The van der Waals surface area contributed by atoms with Crippen molar-refractivity contribution in [3.8, 4) is 0 Å². The summed E-state index contributed by atoms with van der Waals surface area (Å²) in [4.78, 5) is 22.6. The van der Waals surface area contributed by atoms with E-state index in [0.717, 1.165) is 0 Å². The van der Waals surface area contributed by atoms with Gasteiger partial charge in [-0.1, -0.05) is 24.3 Å². The van der Waals surface area contributed by atoms with Gasteiger partial charge < -0.3 is 0 Å². The van der Waals surface area contributed by atoms with E-state index in [1.807, 2.05) is 0 Å². The van der Waals surface area contributed by atoms with Crippen molar-refractivity contribution in [3.63, 3.8) is 0 Å². The summed E-state index contributed by atoms with van der Waals surface area (Å²) in [6.07, 6.45) is 0. The van der Waals surface area contributed by atoms with Crippen molar-refractivity contribution in [2.24, 2.45) is 0 Å². The topological polar surface area (TPSA) is 34.1 Å². The van der Waals surface area contributed by atoms with E-state index in [2.05, 4.69) is 0 Å². The highest BCUT2D eigenvalue weighted by atomic mass is 35.5. The fourth-order valence-electron chi connectivity index (χ4n) is 1.21. The van der Waals surface area contributed by atoms with Crippen LogP contribution in [0.5, 0.6) is 0 Å². The van der Waals surface area contributed by atoms with Gasteiger partial charge in [0, 0.05) is 11.1 Å². The molecule has 0 aliphatic heterocycles. The number of alkyl halides is 1. The van der Waals surface area contributed by atoms with E-state index in [4.69, 9.17) is 11.6 Å². The third-order valence-electron chi connectivity index (χ3n) is 1.91. The maximum Gasteiger partial charge on any atom is 0.188 e. The van der Waals surface area contributed by atoms with Crippen molar-refractivity contribution >= 4 is 23.2 Å². The van der Waals surface area contributed by atoms with Gasteiger partial charge in [0.2, 0.25) is 0 Å². The van der Waals surface area contributed by atoms with E-state index in [0.29, 0.717) is 11.1 Å². The second-order valence-electron chi connectivity index (χ2n) is 2.67. The molecule has 12 heavy (non-hydrogen) atoms. The predicted molar refractivity (Wildman–Crippen MR) is 44.7 cm³/mol. The van der Waals surface area contributed by atoms with Crippen molar-refractivity contribution in [2.45, 2.75) is 5.38 Å². The summed E-state index contributed by atoms with van der Waals surface area (Å²) < 4.78 is 0. The first-order valence-electron chi connectivity index (χ1n) is 3.53. The molecule has 1 aromatic rings. The first kappa shape index (κ1) is 7.50. The molecule has 1 aromatic carbocycles. The van der Waals surface area contributed by atoms with Gasteiger partial charge in [0.25, 0.3) is 0 Å². The summed E-state index contributed by atoms with van der Waals surface area (Å²) in [7, 11) is 0. The molecular formula is C9H5ClO2. The number of fused-ring (bicyclic) bond motifs is 4. The average molecular weight is 181 g/mol. The zero-order valence-electron chi connectivity index (χ0n) is 6.08. The maximum absolute atomic E-state index is 11.3. The summed E-state index contributed by atoms with van der Waals surface area (Å²) >= 11 is 5.63. The van der Waals surface area contributed by atoms with Crippen LogP contribution in [0.25, 0.3) is 0 Å². The van der Waals surface area contributed by atoms with Gasteiger partial charge in [0.15, 0.2) is 16.9 Å². The minimum absolute atomic E-state index is 0.304. The molecule has 2 nitrogen and oxygen atoms in total. The van der Waals surface area contributed by atoms with E-state index in [1.165, 1.54) is 0 Å². The predicted octanol–water partition coefficient (Wildman–Crippen LogP) is 1.67. The van der Waals surface area contributed by atoms with Gasteiger partial charge in [-0.05, 0) is 0 Å². The maximum atomic E-state index is 11.3. The molecule has 0 heterocycles. The molecule has 0 unspecified atom stereocenters.